The van der Waals surface area contributed by atoms with Crippen LogP contribution in [-0.4, -0.2) is 21.5 Å². The summed E-state index contributed by atoms with van der Waals surface area (Å²) >= 11 is 0. The van der Waals surface area contributed by atoms with Gasteiger partial charge in [0.25, 0.3) is 0 Å². The molecule has 0 aliphatic carbocycles. The molecule has 2 aromatic rings. The number of aromatic nitrogens is 3. The van der Waals surface area contributed by atoms with Crippen LogP contribution in [0.4, 0.5) is 0 Å². The van der Waals surface area contributed by atoms with Gasteiger partial charge in [-0.25, -0.2) is 9.97 Å². The molecular weight excluding hydrogens is 176 g/mol. The molecule has 2 aromatic heterocycles. The standard InChI is InChI=1S/C10H12N4/c1-2-9(12-3-1)7-5-13-10-8(7)4-11-6-14-10/h4-6,9,12H,1-3H2,(H,11,13,14). The van der Waals surface area contributed by atoms with Gasteiger partial charge in [0.2, 0.25) is 0 Å². The lowest BCUT2D eigenvalue weighted by atomic mass is 10.1. The zero-order valence-electron chi connectivity index (χ0n) is 7.83. The Morgan fingerprint density at radius 2 is 2.43 bits per heavy atom. The van der Waals surface area contributed by atoms with E-state index in [1.54, 1.807) is 6.33 Å². The van der Waals surface area contributed by atoms with Crippen molar-refractivity contribution in [3.63, 3.8) is 0 Å². The van der Waals surface area contributed by atoms with Crippen LogP contribution < -0.4 is 5.32 Å². The van der Waals surface area contributed by atoms with E-state index in [2.05, 4.69) is 20.3 Å². The van der Waals surface area contributed by atoms with Gasteiger partial charge in [-0.2, -0.15) is 0 Å². The molecule has 4 heteroatoms. The molecular formula is C10H12N4. The molecule has 0 spiro atoms. The van der Waals surface area contributed by atoms with Crippen molar-refractivity contribution in [1.82, 2.24) is 20.3 Å². The summed E-state index contributed by atoms with van der Waals surface area (Å²) < 4.78 is 0. The van der Waals surface area contributed by atoms with Gasteiger partial charge in [0.15, 0.2) is 0 Å². The van der Waals surface area contributed by atoms with Crippen molar-refractivity contribution in [3.8, 4) is 0 Å². The van der Waals surface area contributed by atoms with Crippen molar-refractivity contribution in [2.24, 2.45) is 0 Å². The Balaban J connectivity index is 2.11. The fourth-order valence-electron chi connectivity index (χ4n) is 2.12. The van der Waals surface area contributed by atoms with Crippen LogP contribution in [0.2, 0.25) is 0 Å². The fourth-order valence-corrected chi connectivity index (χ4v) is 2.12. The minimum absolute atomic E-state index is 0.481. The minimum Gasteiger partial charge on any atom is -0.346 e. The van der Waals surface area contributed by atoms with Gasteiger partial charge in [-0.05, 0) is 24.9 Å². The molecule has 3 rings (SSSR count). The summed E-state index contributed by atoms with van der Waals surface area (Å²) in [4.78, 5) is 11.4. The minimum atomic E-state index is 0.481. The molecule has 0 saturated carbocycles. The third-order valence-corrected chi connectivity index (χ3v) is 2.82. The maximum atomic E-state index is 4.18. The highest BCUT2D eigenvalue weighted by Crippen LogP contribution is 2.27. The summed E-state index contributed by atoms with van der Waals surface area (Å²) in [6.45, 7) is 1.12. The van der Waals surface area contributed by atoms with Gasteiger partial charge >= 0.3 is 0 Å². The van der Waals surface area contributed by atoms with Crippen LogP contribution in [0.5, 0.6) is 0 Å². The molecule has 1 fully saturated rings. The molecule has 1 unspecified atom stereocenters. The van der Waals surface area contributed by atoms with Gasteiger partial charge in [0.1, 0.15) is 12.0 Å². The van der Waals surface area contributed by atoms with E-state index in [-0.39, 0.29) is 0 Å². The number of hydrogen-bond acceptors (Lipinski definition) is 3. The molecule has 14 heavy (non-hydrogen) atoms. The van der Waals surface area contributed by atoms with E-state index in [4.69, 9.17) is 0 Å². The lowest BCUT2D eigenvalue weighted by Crippen LogP contribution is -2.12. The molecule has 1 aliphatic heterocycles. The number of H-pyrrole nitrogens is 1. The first kappa shape index (κ1) is 7.94. The maximum Gasteiger partial charge on any atom is 0.141 e. The molecule has 0 aromatic carbocycles. The third kappa shape index (κ3) is 1.11. The number of hydrogen-bond donors (Lipinski definition) is 2. The summed E-state index contributed by atoms with van der Waals surface area (Å²) in [5.41, 5.74) is 2.24. The van der Waals surface area contributed by atoms with Crippen LogP contribution >= 0.6 is 0 Å². The number of nitrogens with zero attached hydrogens (tertiary/aromatic N) is 2. The lowest BCUT2D eigenvalue weighted by molar-refractivity contribution is 0.652. The number of aromatic amines is 1. The first-order chi connectivity index (χ1) is 6.95. The van der Waals surface area contributed by atoms with Gasteiger partial charge in [0.05, 0.1) is 0 Å². The Morgan fingerprint density at radius 3 is 3.29 bits per heavy atom. The lowest BCUT2D eigenvalue weighted by Gasteiger charge is -2.07. The Kier molecular flexibility index (Phi) is 1.73. The van der Waals surface area contributed by atoms with Crippen LogP contribution in [0.15, 0.2) is 18.7 Å². The van der Waals surface area contributed by atoms with E-state index < -0.39 is 0 Å². The second-order valence-electron chi connectivity index (χ2n) is 3.68. The van der Waals surface area contributed by atoms with Crippen molar-refractivity contribution in [2.45, 2.75) is 18.9 Å². The average Bonchev–Trinajstić information content (AvgIpc) is 2.85. The van der Waals surface area contributed by atoms with Gasteiger partial charge in [-0.15, -0.1) is 0 Å². The molecule has 1 saturated heterocycles. The van der Waals surface area contributed by atoms with Crippen molar-refractivity contribution in [3.05, 3.63) is 24.3 Å². The van der Waals surface area contributed by atoms with Gasteiger partial charge in [-0.3, -0.25) is 0 Å². The fraction of sp³-hybridized carbons (Fsp3) is 0.400. The highest BCUT2D eigenvalue weighted by molar-refractivity contribution is 5.79. The van der Waals surface area contributed by atoms with E-state index >= 15 is 0 Å². The van der Waals surface area contributed by atoms with Crippen LogP contribution in [-0.2, 0) is 0 Å². The van der Waals surface area contributed by atoms with Crippen LogP contribution in [0.3, 0.4) is 0 Å². The first-order valence-corrected chi connectivity index (χ1v) is 4.95. The van der Waals surface area contributed by atoms with E-state index in [1.807, 2.05) is 12.4 Å². The Bertz CT molecular complexity index is 442. The van der Waals surface area contributed by atoms with E-state index in [1.165, 1.54) is 18.4 Å². The molecule has 0 amide bonds. The summed E-state index contributed by atoms with van der Waals surface area (Å²) in [5, 5.41) is 4.62. The first-order valence-electron chi connectivity index (χ1n) is 4.95. The molecule has 2 N–H and O–H groups in total. The SMILES string of the molecule is c1ncc2c(C3CCCN3)c[nH]c2n1. The maximum absolute atomic E-state index is 4.18. The zero-order valence-corrected chi connectivity index (χ0v) is 7.83. The van der Waals surface area contributed by atoms with E-state index in [9.17, 15) is 0 Å². The average molecular weight is 188 g/mol. The van der Waals surface area contributed by atoms with Crippen LogP contribution in [0, 0.1) is 0 Å². The van der Waals surface area contributed by atoms with Crippen molar-refractivity contribution in [2.75, 3.05) is 6.54 Å². The normalized spacial score (nSPS) is 21.9. The molecule has 0 bridgehead atoms. The highest BCUT2D eigenvalue weighted by atomic mass is 15.0. The predicted molar refractivity (Wildman–Crippen MR) is 53.9 cm³/mol. The summed E-state index contributed by atoms with van der Waals surface area (Å²) in [6, 6.07) is 0.481. The predicted octanol–water partition coefficient (Wildman–Crippen LogP) is 1.38. The van der Waals surface area contributed by atoms with Crippen molar-refractivity contribution < 1.29 is 0 Å². The zero-order chi connectivity index (χ0) is 9.38. The topological polar surface area (TPSA) is 53.6 Å². The second kappa shape index (κ2) is 3.06. The molecule has 1 aliphatic rings. The Morgan fingerprint density at radius 1 is 1.43 bits per heavy atom. The van der Waals surface area contributed by atoms with Gasteiger partial charge < -0.3 is 10.3 Å². The number of rotatable bonds is 1. The Hall–Kier alpha value is -1.42. The van der Waals surface area contributed by atoms with Crippen LogP contribution in [0.25, 0.3) is 11.0 Å². The summed E-state index contributed by atoms with van der Waals surface area (Å²) in [5.74, 6) is 0. The largest absolute Gasteiger partial charge is 0.346 e. The second-order valence-corrected chi connectivity index (χ2v) is 3.68. The summed E-state index contributed by atoms with van der Waals surface area (Å²) in [7, 11) is 0. The monoisotopic (exact) mass is 188 g/mol. The molecule has 3 heterocycles. The number of nitrogens with one attached hydrogen (secondary N) is 2. The summed E-state index contributed by atoms with van der Waals surface area (Å²) in [6.07, 6.45) is 7.97. The Labute approximate surface area is 81.8 Å². The van der Waals surface area contributed by atoms with E-state index in [0.29, 0.717) is 6.04 Å². The molecule has 4 nitrogen and oxygen atoms in total. The molecule has 72 valence electrons. The highest BCUT2D eigenvalue weighted by Gasteiger charge is 2.19. The molecule has 0 radical (unpaired) electrons. The van der Waals surface area contributed by atoms with E-state index in [0.717, 1.165) is 17.6 Å². The quantitative estimate of drug-likeness (QED) is 0.711. The van der Waals surface area contributed by atoms with Gasteiger partial charge in [-0.1, -0.05) is 0 Å². The third-order valence-electron chi connectivity index (χ3n) is 2.82. The van der Waals surface area contributed by atoms with Crippen molar-refractivity contribution >= 4 is 11.0 Å². The van der Waals surface area contributed by atoms with Crippen LogP contribution in [0.1, 0.15) is 24.4 Å². The van der Waals surface area contributed by atoms with Gasteiger partial charge in [0, 0.05) is 23.8 Å². The van der Waals surface area contributed by atoms with Crippen molar-refractivity contribution in [1.29, 1.82) is 0 Å². The molecule has 1 atom stereocenters. The number of fused-ring (bicyclic) bond motifs is 1. The smallest absolute Gasteiger partial charge is 0.141 e.